The van der Waals surface area contributed by atoms with Gasteiger partial charge in [0.15, 0.2) is 0 Å². The smallest absolute Gasteiger partial charge is 0.225 e. The number of ether oxygens (including phenoxy) is 1. The number of rotatable bonds is 2. The molecule has 1 aromatic rings. The van der Waals surface area contributed by atoms with Crippen molar-refractivity contribution in [2.45, 2.75) is 30.9 Å². The van der Waals surface area contributed by atoms with Crippen molar-refractivity contribution in [2.75, 3.05) is 31.6 Å². The Morgan fingerprint density at radius 3 is 3.00 bits per heavy atom. The van der Waals surface area contributed by atoms with Gasteiger partial charge in [-0.05, 0) is 25.5 Å². The van der Waals surface area contributed by atoms with Gasteiger partial charge in [0.1, 0.15) is 0 Å². The largest absolute Gasteiger partial charge is 0.371 e. The summed E-state index contributed by atoms with van der Waals surface area (Å²) >= 11 is 0. The molecule has 1 aromatic heterocycles. The van der Waals surface area contributed by atoms with Crippen LogP contribution in [0.1, 0.15) is 19.3 Å². The molecule has 0 unspecified atom stereocenters. The van der Waals surface area contributed by atoms with Crippen LogP contribution in [0.3, 0.4) is 0 Å². The SMILES string of the molecule is CN(c1ncccn1)[C@H]1CO[C@]2(CCCNC2)C1. The van der Waals surface area contributed by atoms with Gasteiger partial charge in [-0.3, -0.25) is 0 Å². The van der Waals surface area contributed by atoms with Crippen molar-refractivity contribution in [3.63, 3.8) is 0 Å². The second-order valence-electron chi connectivity index (χ2n) is 5.29. The van der Waals surface area contributed by atoms with E-state index in [0.29, 0.717) is 6.04 Å². The quantitative estimate of drug-likeness (QED) is 0.840. The van der Waals surface area contributed by atoms with Gasteiger partial charge in [-0.15, -0.1) is 0 Å². The monoisotopic (exact) mass is 248 g/mol. The Morgan fingerprint density at radius 1 is 1.44 bits per heavy atom. The summed E-state index contributed by atoms with van der Waals surface area (Å²) < 4.78 is 6.08. The maximum atomic E-state index is 6.08. The molecule has 2 aliphatic rings. The van der Waals surface area contributed by atoms with Crippen LogP contribution >= 0.6 is 0 Å². The van der Waals surface area contributed by atoms with Crippen LogP contribution in [-0.2, 0) is 4.74 Å². The third kappa shape index (κ3) is 2.20. The molecule has 5 heteroatoms. The van der Waals surface area contributed by atoms with Crippen LogP contribution in [0.25, 0.3) is 0 Å². The van der Waals surface area contributed by atoms with Gasteiger partial charge in [-0.2, -0.15) is 0 Å². The topological polar surface area (TPSA) is 50.3 Å². The van der Waals surface area contributed by atoms with E-state index in [1.165, 1.54) is 12.8 Å². The molecule has 0 aromatic carbocycles. The van der Waals surface area contributed by atoms with Gasteiger partial charge in [-0.25, -0.2) is 9.97 Å². The standard InChI is InChI=1S/C13H20N4O/c1-17(12-15-6-3-7-16-12)11-8-13(18-9-11)4-2-5-14-10-13/h3,6-7,11,14H,2,4-5,8-10H2,1H3/t11-,13-/m1/s1. The molecule has 5 nitrogen and oxygen atoms in total. The summed E-state index contributed by atoms with van der Waals surface area (Å²) in [5, 5.41) is 3.44. The van der Waals surface area contributed by atoms with Gasteiger partial charge >= 0.3 is 0 Å². The Bertz CT molecular complexity index is 391. The molecule has 3 heterocycles. The van der Waals surface area contributed by atoms with Gasteiger partial charge < -0.3 is 15.0 Å². The molecule has 3 rings (SSSR count). The third-order valence-electron chi connectivity index (χ3n) is 4.04. The van der Waals surface area contributed by atoms with E-state index in [0.717, 1.165) is 32.1 Å². The Hall–Kier alpha value is -1.20. The average Bonchev–Trinajstić information content (AvgIpc) is 2.83. The zero-order valence-corrected chi connectivity index (χ0v) is 10.8. The number of nitrogens with one attached hydrogen (secondary N) is 1. The zero-order valence-electron chi connectivity index (χ0n) is 10.8. The molecule has 1 N–H and O–H groups in total. The van der Waals surface area contributed by atoms with Crippen molar-refractivity contribution in [1.82, 2.24) is 15.3 Å². The highest BCUT2D eigenvalue weighted by molar-refractivity contribution is 5.29. The molecular formula is C13H20N4O. The number of piperidine rings is 1. The lowest BCUT2D eigenvalue weighted by atomic mass is 9.89. The third-order valence-corrected chi connectivity index (χ3v) is 4.04. The van der Waals surface area contributed by atoms with Crippen LogP contribution in [0.5, 0.6) is 0 Å². The van der Waals surface area contributed by atoms with Crippen molar-refractivity contribution in [3.8, 4) is 0 Å². The lowest BCUT2D eigenvalue weighted by Gasteiger charge is -2.33. The van der Waals surface area contributed by atoms with E-state index in [1.54, 1.807) is 12.4 Å². The molecule has 0 saturated carbocycles. The fourth-order valence-corrected chi connectivity index (χ4v) is 2.94. The Balaban J connectivity index is 1.68. The molecule has 0 bridgehead atoms. The van der Waals surface area contributed by atoms with E-state index in [-0.39, 0.29) is 5.60 Å². The summed E-state index contributed by atoms with van der Waals surface area (Å²) in [4.78, 5) is 10.7. The summed E-state index contributed by atoms with van der Waals surface area (Å²) in [7, 11) is 2.05. The number of nitrogens with zero attached hydrogens (tertiary/aromatic N) is 3. The minimum Gasteiger partial charge on any atom is -0.371 e. The Morgan fingerprint density at radius 2 is 2.28 bits per heavy atom. The van der Waals surface area contributed by atoms with Crippen LogP contribution in [0.4, 0.5) is 5.95 Å². The van der Waals surface area contributed by atoms with E-state index >= 15 is 0 Å². The lowest BCUT2D eigenvalue weighted by molar-refractivity contribution is -0.0139. The lowest BCUT2D eigenvalue weighted by Crippen LogP contribution is -2.46. The van der Waals surface area contributed by atoms with Crippen LogP contribution in [0.15, 0.2) is 18.5 Å². The number of hydrogen-bond acceptors (Lipinski definition) is 5. The zero-order chi connectivity index (χ0) is 12.4. The predicted octanol–water partition coefficient (Wildman–Crippen LogP) is 0.824. The number of anilines is 1. The van der Waals surface area contributed by atoms with E-state index in [2.05, 4.69) is 27.2 Å². The first-order valence-corrected chi connectivity index (χ1v) is 6.64. The molecular weight excluding hydrogens is 228 g/mol. The molecule has 0 aliphatic carbocycles. The minimum absolute atomic E-state index is 0.0476. The highest BCUT2D eigenvalue weighted by Crippen LogP contribution is 2.34. The maximum Gasteiger partial charge on any atom is 0.225 e. The summed E-state index contributed by atoms with van der Waals surface area (Å²) in [5.74, 6) is 0.784. The number of likely N-dealkylation sites (N-methyl/N-ethyl adjacent to an activating group) is 1. The first-order valence-electron chi connectivity index (χ1n) is 6.64. The molecule has 1 spiro atoms. The van der Waals surface area contributed by atoms with E-state index in [1.807, 2.05) is 6.07 Å². The van der Waals surface area contributed by atoms with E-state index in [9.17, 15) is 0 Å². The van der Waals surface area contributed by atoms with Gasteiger partial charge in [0.05, 0.1) is 18.2 Å². The molecule has 2 saturated heterocycles. The van der Waals surface area contributed by atoms with E-state index < -0.39 is 0 Å². The van der Waals surface area contributed by atoms with E-state index in [4.69, 9.17) is 4.74 Å². The van der Waals surface area contributed by atoms with Crippen LogP contribution in [0.2, 0.25) is 0 Å². The van der Waals surface area contributed by atoms with Crippen LogP contribution in [0, 0.1) is 0 Å². The second kappa shape index (κ2) is 4.82. The predicted molar refractivity (Wildman–Crippen MR) is 69.6 cm³/mol. The Labute approximate surface area is 108 Å². The van der Waals surface area contributed by atoms with Gasteiger partial charge in [-0.1, -0.05) is 0 Å². The highest BCUT2D eigenvalue weighted by atomic mass is 16.5. The number of hydrogen-bond donors (Lipinski definition) is 1. The minimum atomic E-state index is 0.0476. The van der Waals surface area contributed by atoms with Crippen molar-refractivity contribution in [2.24, 2.45) is 0 Å². The van der Waals surface area contributed by atoms with Crippen molar-refractivity contribution in [1.29, 1.82) is 0 Å². The first kappa shape index (κ1) is 11.9. The molecule has 98 valence electrons. The van der Waals surface area contributed by atoms with Crippen LogP contribution < -0.4 is 10.2 Å². The highest BCUT2D eigenvalue weighted by Gasteiger charge is 2.42. The fraction of sp³-hybridized carbons (Fsp3) is 0.692. The van der Waals surface area contributed by atoms with Gasteiger partial charge in [0.2, 0.25) is 5.95 Å². The maximum absolute atomic E-state index is 6.08. The average molecular weight is 248 g/mol. The number of aromatic nitrogens is 2. The van der Waals surface area contributed by atoms with Crippen molar-refractivity contribution < 1.29 is 4.74 Å². The molecule has 2 atom stereocenters. The first-order chi connectivity index (χ1) is 8.79. The fourth-order valence-electron chi connectivity index (χ4n) is 2.94. The molecule has 0 amide bonds. The summed E-state index contributed by atoms with van der Waals surface area (Å²) in [6.07, 6.45) is 7.01. The summed E-state index contributed by atoms with van der Waals surface area (Å²) in [6.45, 7) is 2.87. The summed E-state index contributed by atoms with van der Waals surface area (Å²) in [6, 6.07) is 2.22. The second-order valence-corrected chi connectivity index (χ2v) is 5.29. The molecule has 18 heavy (non-hydrogen) atoms. The molecule has 2 fully saturated rings. The summed E-state index contributed by atoms with van der Waals surface area (Å²) in [5.41, 5.74) is 0.0476. The van der Waals surface area contributed by atoms with Gasteiger partial charge in [0.25, 0.3) is 0 Å². The normalized spacial score (nSPS) is 31.7. The molecule has 2 aliphatic heterocycles. The van der Waals surface area contributed by atoms with Crippen LogP contribution in [-0.4, -0.2) is 48.4 Å². The van der Waals surface area contributed by atoms with Crippen molar-refractivity contribution in [3.05, 3.63) is 18.5 Å². The Kier molecular flexibility index (Phi) is 3.18. The van der Waals surface area contributed by atoms with Crippen molar-refractivity contribution >= 4 is 5.95 Å². The molecule has 0 radical (unpaired) electrons. The van der Waals surface area contributed by atoms with Gasteiger partial charge in [0, 0.05) is 32.4 Å².